The smallest absolute Gasteiger partial charge is 0.261 e. The van der Waals surface area contributed by atoms with Gasteiger partial charge in [0.05, 0.1) is 10.9 Å². The molecule has 0 saturated carbocycles. The van der Waals surface area contributed by atoms with Crippen molar-refractivity contribution in [3.63, 3.8) is 0 Å². The Morgan fingerprint density at radius 3 is 2.54 bits per heavy atom. The van der Waals surface area contributed by atoms with Crippen LogP contribution in [-0.2, 0) is 12.8 Å². The van der Waals surface area contributed by atoms with E-state index < -0.39 is 0 Å². The fraction of sp³-hybridized carbons (Fsp3) is 0.471. The lowest BCUT2D eigenvalue weighted by Crippen LogP contribution is -2.35. The van der Waals surface area contributed by atoms with Gasteiger partial charge in [-0.1, -0.05) is 51.5 Å². The van der Waals surface area contributed by atoms with Crippen LogP contribution in [0.2, 0.25) is 0 Å². The lowest BCUT2D eigenvalue weighted by molar-refractivity contribution is 0.0934. The van der Waals surface area contributed by atoms with Crippen molar-refractivity contribution in [3.05, 3.63) is 76.8 Å². The molecule has 41 heavy (non-hydrogen) atoms. The Morgan fingerprint density at radius 1 is 1.05 bits per heavy atom. The monoisotopic (exact) mass is 567 g/mol. The van der Waals surface area contributed by atoms with Crippen molar-refractivity contribution in [2.45, 2.75) is 71.8 Å². The van der Waals surface area contributed by atoms with Crippen molar-refractivity contribution < 1.29 is 4.79 Å². The van der Waals surface area contributed by atoms with Gasteiger partial charge in [0.2, 0.25) is 0 Å². The first-order valence-electron chi connectivity index (χ1n) is 15.1. The van der Waals surface area contributed by atoms with Gasteiger partial charge in [0.15, 0.2) is 0 Å². The molecule has 2 atom stereocenters. The molecule has 1 aromatic carbocycles. The molecule has 7 heteroatoms. The summed E-state index contributed by atoms with van der Waals surface area (Å²) in [6.45, 7) is 10.3. The maximum absolute atomic E-state index is 13.7. The highest BCUT2D eigenvalue weighted by Gasteiger charge is 2.30. The Bertz CT molecular complexity index is 1490. The van der Waals surface area contributed by atoms with Gasteiger partial charge in [-0.3, -0.25) is 4.79 Å². The number of aromatic nitrogens is 3. The Labute approximate surface area is 247 Å². The van der Waals surface area contributed by atoms with Gasteiger partial charge in [0.1, 0.15) is 11.2 Å². The number of amides is 1. The van der Waals surface area contributed by atoms with Crippen molar-refractivity contribution in [1.29, 1.82) is 0 Å². The van der Waals surface area contributed by atoms with Crippen LogP contribution in [-0.4, -0.2) is 45.4 Å². The largest absolute Gasteiger partial charge is 0.344 e. The topological polar surface area (TPSA) is 71.0 Å². The summed E-state index contributed by atoms with van der Waals surface area (Å²) in [6.07, 6.45) is 13.2. The van der Waals surface area contributed by atoms with Crippen molar-refractivity contribution in [2.24, 2.45) is 11.3 Å². The SMILES string of the molecule is CC(C)(C)[C@H]1CCc2nc3sc(C(=O)N[C@@H](CCN4CCCCC4)c4ccc(-c5cncnc5)cc4)cc3cc2C1. The standard InChI is InChI=1S/C34H41N5OS/c1-34(2,3)28-11-12-29-25(18-28)17-26-19-31(41-33(26)38-29)32(40)37-30(13-16-39-14-5-4-6-15-39)24-9-7-23(8-10-24)27-20-35-22-36-21-27/h7-10,17,19-22,28,30H,4-6,11-16,18H2,1-3H3,(H,37,40)/t28-,30-/m0/s1. The van der Waals surface area contributed by atoms with Gasteiger partial charge < -0.3 is 10.2 Å². The lowest BCUT2D eigenvalue weighted by Gasteiger charge is -2.34. The van der Waals surface area contributed by atoms with Crippen molar-refractivity contribution in [2.75, 3.05) is 19.6 Å². The Balaban J connectivity index is 1.22. The van der Waals surface area contributed by atoms with Crippen LogP contribution in [0.15, 0.2) is 55.1 Å². The second kappa shape index (κ2) is 12.0. The number of benzene rings is 1. The third kappa shape index (κ3) is 6.52. The van der Waals surface area contributed by atoms with Gasteiger partial charge in [-0.15, -0.1) is 11.3 Å². The first kappa shape index (κ1) is 28.0. The zero-order valence-electron chi connectivity index (χ0n) is 24.5. The van der Waals surface area contributed by atoms with Crippen LogP contribution in [0.1, 0.15) is 85.4 Å². The summed E-state index contributed by atoms with van der Waals surface area (Å²) in [6, 6.07) is 12.8. The molecule has 4 heterocycles. The Kier molecular flexibility index (Phi) is 8.18. The first-order chi connectivity index (χ1) is 19.8. The predicted octanol–water partition coefficient (Wildman–Crippen LogP) is 7.25. The summed E-state index contributed by atoms with van der Waals surface area (Å²) < 4.78 is 0. The Morgan fingerprint density at radius 2 is 1.80 bits per heavy atom. The lowest BCUT2D eigenvalue weighted by atomic mass is 9.71. The molecule has 6 nitrogen and oxygen atoms in total. The van der Waals surface area contributed by atoms with E-state index >= 15 is 0 Å². The van der Waals surface area contributed by atoms with Crippen LogP contribution in [0, 0.1) is 11.3 Å². The number of nitrogens with one attached hydrogen (secondary N) is 1. The minimum atomic E-state index is -0.0654. The van der Waals surface area contributed by atoms with Gasteiger partial charge in [0.25, 0.3) is 5.91 Å². The number of piperidine rings is 1. The van der Waals surface area contributed by atoms with Gasteiger partial charge >= 0.3 is 0 Å². The zero-order valence-corrected chi connectivity index (χ0v) is 25.3. The molecule has 1 amide bonds. The van der Waals surface area contributed by atoms with E-state index in [0.717, 1.165) is 70.7 Å². The Hall–Kier alpha value is -3.16. The zero-order chi connectivity index (χ0) is 28.4. The van der Waals surface area contributed by atoms with Gasteiger partial charge in [-0.25, -0.2) is 15.0 Å². The number of rotatable bonds is 7. The average Bonchev–Trinajstić information content (AvgIpc) is 3.41. The second-order valence-electron chi connectivity index (χ2n) is 12.9. The summed E-state index contributed by atoms with van der Waals surface area (Å²) >= 11 is 1.52. The van der Waals surface area contributed by atoms with E-state index in [1.165, 1.54) is 48.3 Å². The molecule has 1 aliphatic heterocycles. The van der Waals surface area contributed by atoms with E-state index in [0.29, 0.717) is 11.3 Å². The molecule has 2 aliphatic rings. The molecular weight excluding hydrogens is 526 g/mol. The third-order valence-corrected chi connectivity index (χ3v) is 10.1. The van der Waals surface area contributed by atoms with E-state index in [4.69, 9.17) is 4.98 Å². The molecule has 0 spiro atoms. The molecule has 0 bridgehead atoms. The molecule has 1 aliphatic carbocycles. The molecular formula is C34H41N5OS. The van der Waals surface area contributed by atoms with E-state index in [1.807, 2.05) is 18.5 Å². The van der Waals surface area contributed by atoms with Crippen LogP contribution in [0.3, 0.4) is 0 Å². The van der Waals surface area contributed by atoms with Crippen LogP contribution in [0.5, 0.6) is 0 Å². The van der Waals surface area contributed by atoms with E-state index in [1.54, 1.807) is 6.33 Å². The van der Waals surface area contributed by atoms with Crippen LogP contribution in [0.25, 0.3) is 21.3 Å². The fourth-order valence-electron chi connectivity index (χ4n) is 6.38. The molecule has 214 valence electrons. The third-order valence-electron chi connectivity index (χ3n) is 9.02. The molecule has 3 aromatic heterocycles. The summed E-state index contributed by atoms with van der Waals surface area (Å²) in [5, 5.41) is 4.49. The first-order valence-corrected chi connectivity index (χ1v) is 16.0. The molecule has 0 radical (unpaired) electrons. The van der Waals surface area contributed by atoms with Gasteiger partial charge in [-0.2, -0.15) is 0 Å². The molecule has 0 unspecified atom stereocenters. The molecule has 1 fully saturated rings. The van der Waals surface area contributed by atoms with Crippen molar-refractivity contribution in [1.82, 2.24) is 25.2 Å². The average molecular weight is 568 g/mol. The number of carbonyl (C=O) groups is 1. The predicted molar refractivity (Wildman–Crippen MR) is 167 cm³/mol. The fourth-order valence-corrected chi connectivity index (χ4v) is 7.31. The van der Waals surface area contributed by atoms with Crippen molar-refractivity contribution in [3.8, 4) is 11.1 Å². The van der Waals surface area contributed by atoms with Crippen LogP contribution < -0.4 is 5.32 Å². The highest BCUT2D eigenvalue weighted by atomic mass is 32.1. The van der Waals surface area contributed by atoms with E-state index in [-0.39, 0.29) is 11.9 Å². The number of likely N-dealkylation sites (tertiary alicyclic amines) is 1. The number of pyridine rings is 1. The van der Waals surface area contributed by atoms with E-state index in [2.05, 4.69) is 71.3 Å². The number of thiophene rings is 1. The van der Waals surface area contributed by atoms with Gasteiger partial charge in [-0.05, 0) is 91.8 Å². The summed E-state index contributed by atoms with van der Waals surface area (Å²) in [4.78, 5) is 31.3. The quantitative estimate of drug-likeness (QED) is 0.255. The van der Waals surface area contributed by atoms with Crippen LogP contribution >= 0.6 is 11.3 Å². The number of carbonyl (C=O) groups excluding carboxylic acids is 1. The number of nitrogens with zero attached hydrogens (tertiary/aromatic N) is 4. The minimum Gasteiger partial charge on any atom is -0.344 e. The van der Waals surface area contributed by atoms with Crippen molar-refractivity contribution >= 4 is 27.5 Å². The molecule has 1 N–H and O–H groups in total. The van der Waals surface area contributed by atoms with Crippen LogP contribution in [0.4, 0.5) is 0 Å². The maximum atomic E-state index is 13.7. The minimum absolute atomic E-state index is 0.0114. The van der Waals surface area contributed by atoms with E-state index in [9.17, 15) is 4.79 Å². The molecule has 4 aromatic rings. The number of aryl methyl sites for hydroxylation is 1. The number of fused-ring (bicyclic) bond motifs is 2. The highest BCUT2D eigenvalue weighted by molar-refractivity contribution is 7.20. The summed E-state index contributed by atoms with van der Waals surface area (Å²) in [5.74, 6) is 0.653. The summed E-state index contributed by atoms with van der Waals surface area (Å²) in [7, 11) is 0. The second-order valence-corrected chi connectivity index (χ2v) is 13.9. The van der Waals surface area contributed by atoms with Gasteiger partial charge in [0, 0.05) is 35.6 Å². The normalized spacial score (nSPS) is 18.7. The summed E-state index contributed by atoms with van der Waals surface area (Å²) in [5.41, 5.74) is 6.06. The highest BCUT2D eigenvalue weighted by Crippen LogP contribution is 2.38. The number of hydrogen-bond donors (Lipinski definition) is 1. The number of hydrogen-bond acceptors (Lipinski definition) is 6. The molecule has 6 rings (SSSR count). The molecule has 1 saturated heterocycles. The maximum Gasteiger partial charge on any atom is 0.261 e.